The van der Waals surface area contributed by atoms with E-state index in [2.05, 4.69) is 16.0 Å². The minimum absolute atomic E-state index is 0.0109. The number of anilines is 1. The van der Waals surface area contributed by atoms with E-state index in [1.807, 2.05) is 6.92 Å². The molecule has 0 aliphatic carbocycles. The Bertz CT molecular complexity index is 450. The van der Waals surface area contributed by atoms with Crippen molar-refractivity contribution in [2.24, 2.45) is 0 Å². The zero-order valence-electron chi connectivity index (χ0n) is 11.0. The van der Waals surface area contributed by atoms with Crippen molar-refractivity contribution in [1.82, 2.24) is 10.6 Å². The molecular weight excluding hydrogens is 242 g/mol. The van der Waals surface area contributed by atoms with E-state index in [1.165, 1.54) is 0 Å². The van der Waals surface area contributed by atoms with Crippen LogP contribution in [0.4, 0.5) is 5.69 Å². The van der Waals surface area contributed by atoms with Crippen molar-refractivity contribution >= 4 is 17.5 Å². The third kappa shape index (κ3) is 3.54. The number of benzene rings is 1. The SMILES string of the molecule is CCNC(=O)c1ccc(NC(=O)C2CCCN2)cc1. The van der Waals surface area contributed by atoms with Gasteiger partial charge in [-0.15, -0.1) is 0 Å². The fourth-order valence-corrected chi connectivity index (χ4v) is 2.11. The van der Waals surface area contributed by atoms with Gasteiger partial charge in [-0.2, -0.15) is 0 Å². The molecule has 2 rings (SSSR count). The van der Waals surface area contributed by atoms with Gasteiger partial charge in [-0.05, 0) is 50.6 Å². The summed E-state index contributed by atoms with van der Waals surface area (Å²) < 4.78 is 0. The van der Waals surface area contributed by atoms with Crippen LogP contribution in [0.1, 0.15) is 30.1 Å². The lowest BCUT2D eigenvalue weighted by molar-refractivity contribution is -0.117. The van der Waals surface area contributed by atoms with Gasteiger partial charge in [0.15, 0.2) is 0 Å². The molecule has 2 amide bonds. The van der Waals surface area contributed by atoms with Gasteiger partial charge in [0.1, 0.15) is 0 Å². The van der Waals surface area contributed by atoms with Crippen LogP contribution in [0.15, 0.2) is 24.3 Å². The second-order valence-electron chi connectivity index (χ2n) is 4.57. The molecule has 1 fully saturated rings. The van der Waals surface area contributed by atoms with Crippen molar-refractivity contribution in [2.75, 3.05) is 18.4 Å². The number of hydrogen-bond acceptors (Lipinski definition) is 3. The highest BCUT2D eigenvalue weighted by atomic mass is 16.2. The lowest BCUT2D eigenvalue weighted by Gasteiger charge is -2.11. The molecule has 0 aromatic heterocycles. The Balaban J connectivity index is 1.94. The topological polar surface area (TPSA) is 70.2 Å². The van der Waals surface area contributed by atoms with Gasteiger partial charge in [0.25, 0.3) is 5.91 Å². The van der Waals surface area contributed by atoms with Gasteiger partial charge < -0.3 is 16.0 Å². The molecule has 1 aromatic carbocycles. The monoisotopic (exact) mass is 261 g/mol. The van der Waals surface area contributed by atoms with E-state index in [1.54, 1.807) is 24.3 Å². The van der Waals surface area contributed by atoms with Crippen molar-refractivity contribution in [3.63, 3.8) is 0 Å². The molecule has 1 aliphatic rings. The quantitative estimate of drug-likeness (QED) is 0.761. The first-order valence-electron chi connectivity index (χ1n) is 6.63. The largest absolute Gasteiger partial charge is 0.352 e. The predicted molar refractivity (Wildman–Crippen MR) is 74.1 cm³/mol. The molecular formula is C14H19N3O2. The van der Waals surface area contributed by atoms with Crippen LogP contribution in [0.2, 0.25) is 0 Å². The van der Waals surface area contributed by atoms with Gasteiger partial charge in [0, 0.05) is 17.8 Å². The number of hydrogen-bond donors (Lipinski definition) is 3. The van der Waals surface area contributed by atoms with Crippen molar-refractivity contribution in [1.29, 1.82) is 0 Å². The molecule has 1 heterocycles. The van der Waals surface area contributed by atoms with E-state index in [-0.39, 0.29) is 17.9 Å². The first-order valence-corrected chi connectivity index (χ1v) is 6.63. The molecule has 1 aromatic rings. The number of nitrogens with one attached hydrogen (secondary N) is 3. The lowest BCUT2D eigenvalue weighted by Crippen LogP contribution is -2.35. The fourth-order valence-electron chi connectivity index (χ4n) is 2.11. The molecule has 0 spiro atoms. The molecule has 0 saturated carbocycles. The Labute approximate surface area is 112 Å². The molecule has 0 radical (unpaired) electrons. The Hall–Kier alpha value is -1.88. The summed E-state index contributed by atoms with van der Waals surface area (Å²) in [6, 6.07) is 6.82. The Morgan fingerprint density at radius 2 is 2.05 bits per heavy atom. The fraction of sp³-hybridized carbons (Fsp3) is 0.429. The Morgan fingerprint density at radius 1 is 1.32 bits per heavy atom. The zero-order chi connectivity index (χ0) is 13.7. The summed E-state index contributed by atoms with van der Waals surface area (Å²) in [4.78, 5) is 23.5. The molecule has 0 bridgehead atoms. The molecule has 1 atom stereocenters. The summed E-state index contributed by atoms with van der Waals surface area (Å²) in [6.45, 7) is 3.37. The molecule has 5 heteroatoms. The van der Waals surface area contributed by atoms with Crippen molar-refractivity contribution < 1.29 is 9.59 Å². The average Bonchev–Trinajstić information content (AvgIpc) is 2.94. The third-order valence-electron chi connectivity index (χ3n) is 3.13. The van der Waals surface area contributed by atoms with Crippen LogP contribution in [0.25, 0.3) is 0 Å². The van der Waals surface area contributed by atoms with E-state index in [4.69, 9.17) is 0 Å². The summed E-state index contributed by atoms with van der Waals surface area (Å²) in [5.74, 6) is -0.110. The van der Waals surface area contributed by atoms with Gasteiger partial charge in [-0.1, -0.05) is 0 Å². The van der Waals surface area contributed by atoms with Crippen molar-refractivity contribution in [2.45, 2.75) is 25.8 Å². The molecule has 3 N–H and O–H groups in total. The maximum atomic E-state index is 11.9. The Kier molecular flexibility index (Phi) is 4.52. The highest BCUT2D eigenvalue weighted by molar-refractivity contribution is 5.97. The second-order valence-corrected chi connectivity index (χ2v) is 4.57. The normalized spacial score (nSPS) is 18.1. The standard InChI is InChI=1S/C14H19N3O2/c1-2-15-13(18)10-5-7-11(8-6-10)17-14(19)12-4-3-9-16-12/h5-8,12,16H,2-4,9H2,1H3,(H,15,18)(H,17,19). The average molecular weight is 261 g/mol. The predicted octanol–water partition coefficient (Wildman–Crippen LogP) is 1.13. The van der Waals surface area contributed by atoms with Gasteiger partial charge in [-0.25, -0.2) is 0 Å². The summed E-state index contributed by atoms with van der Waals surface area (Å²) in [6.07, 6.45) is 1.91. The number of carbonyl (C=O) groups excluding carboxylic acids is 2. The minimum atomic E-state index is -0.0992. The molecule has 1 saturated heterocycles. The van der Waals surface area contributed by atoms with Crippen LogP contribution in [-0.2, 0) is 4.79 Å². The second kappa shape index (κ2) is 6.33. The first-order chi connectivity index (χ1) is 9.20. The Morgan fingerprint density at radius 3 is 2.63 bits per heavy atom. The van der Waals surface area contributed by atoms with Crippen molar-refractivity contribution in [3.8, 4) is 0 Å². The van der Waals surface area contributed by atoms with Gasteiger partial charge >= 0.3 is 0 Å². The van der Waals surface area contributed by atoms with Crippen LogP contribution in [0.3, 0.4) is 0 Å². The maximum absolute atomic E-state index is 11.9. The highest BCUT2D eigenvalue weighted by Crippen LogP contribution is 2.12. The minimum Gasteiger partial charge on any atom is -0.352 e. The summed E-state index contributed by atoms with van der Waals surface area (Å²) in [7, 11) is 0. The van der Waals surface area contributed by atoms with Crippen LogP contribution >= 0.6 is 0 Å². The third-order valence-corrected chi connectivity index (χ3v) is 3.13. The van der Waals surface area contributed by atoms with Gasteiger partial charge in [-0.3, -0.25) is 9.59 Å². The van der Waals surface area contributed by atoms with E-state index in [0.29, 0.717) is 17.8 Å². The summed E-state index contributed by atoms with van der Waals surface area (Å²) in [5.41, 5.74) is 1.31. The number of rotatable bonds is 4. The summed E-state index contributed by atoms with van der Waals surface area (Å²) in [5, 5.41) is 8.73. The van der Waals surface area contributed by atoms with Gasteiger partial charge in [0.2, 0.25) is 5.91 Å². The molecule has 102 valence electrons. The smallest absolute Gasteiger partial charge is 0.251 e. The maximum Gasteiger partial charge on any atom is 0.251 e. The first kappa shape index (κ1) is 13.5. The van der Waals surface area contributed by atoms with E-state index < -0.39 is 0 Å². The van der Waals surface area contributed by atoms with Crippen LogP contribution in [0, 0.1) is 0 Å². The number of amides is 2. The van der Waals surface area contributed by atoms with Crippen molar-refractivity contribution in [3.05, 3.63) is 29.8 Å². The number of carbonyl (C=O) groups is 2. The molecule has 5 nitrogen and oxygen atoms in total. The zero-order valence-corrected chi connectivity index (χ0v) is 11.0. The molecule has 1 unspecified atom stereocenters. The van der Waals surface area contributed by atoms with Crippen LogP contribution in [-0.4, -0.2) is 30.9 Å². The van der Waals surface area contributed by atoms with E-state index in [0.717, 1.165) is 19.4 Å². The molecule has 19 heavy (non-hydrogen) atoms. The lowest BCUT2D eigenvalue weighted by atomic mass is 10.1. The van der Waals surface area contributed by atoms with E-state index >= 15 is 0 Å². The van der Waals surface area contributed by atoms with Gasteiger partial charge in [0.05, 0.1) is 6.04 Å². The molecule has 1 aliphatic heterocycles. The van der Waals surface area contributed by atoms with Crippen LogP contribution < -0.4 is 16.0 Å². The van der Waals surface area contributed by atoms with E-state index in [9.17, 15) is 9.59 Å². The highest BCUT2D eigenvalue weighted by Gasteiger charge is 2.21. The summed E-state index contributed by atoms with van der Waals surface area (Å²) >= 11 is 0. The van der Waals surface area contributed by atoms with Crippen LogP contribution in [0.5, 0.6) is 0 Å².